The van der Waals surface area contributed by atoms with E-state index in [1.54, 1.807) is 12.4 Å². The molecule has 0 aliphatic heterocycles. The van der Waals surface area contributed by atoms with E-state index < -0.39 is 17.8 Å². The van der Waals surface area contributed by atoms with Crippen LogP contribution in [-0.4, -0.2) is 22.0 Å². The Morgan fingerprint density at radius 2 is 1.77 bits per heavy atom. The number of hydrogen-bond donors (Lipinski definition) is 2. The Labute approximate surface area is 129 Å². The first-order chi connectivity index (χ1) is 10.6. The Hall–Kier alpha value is -2.17. The smallest absolute Gasteiger partial charge is 0.307 e. The van der Waals surface area contributed by atoms with Gasteiger partial charge in [0.05, 0.1) is 17.9 Å². The number of carboxylic acids is 1. The predicted molar refractivity (Wildman–Crippen MR) is 80.8 cm³/mol. The van der Waals surface area contributed by atoms with Crippen molar-refractivity contribution in [3.05, 3.63) is 42.2 Å². The fourth-order valence-corrected chi connectivity index (χ4v) is 3.73. The second-order valence-corrected chi connectivity index (χ2v) is 6.19. The number of amides is 1. The molecule has 0 spiro atoms. The molecule has 2 N–H and O–H groups in total. The van der Waals surface area contributed by atoms with Gasteiger partial charge in [-0.1, -0.05) is 12.2 Å². The summed E-state index contributed by atoms with van der Waals surface area (Å²) in [6.45, 7) is 1.90. The Kier molecular flexibility index (Phi) is 3.96. The molecule has 0 aromatic carbocycles. The van der Waals surface area contributed by atoms with Crippen LogP contribution in [0.15, 0.2) is 36.7 Å². The van der Waals surface area contributed by atoms with Gasteiger partial charge in [-0.2, -0.15) is 0 Å². The summed E-state index contributed by atoms with van der Waals surface area (Å²) in [4.78, 5) is 28.2. The number of aromatic nitrogens is 1. The van der Waals surface area contributed by atoms with Crippen molar-refractivity contribution in [2.24, 2.45) is 23.7 Å². The maximum atomic E-state index is 12.7. The summed E-state index contributed by atoms with van der Waals surface area (Å²) >= 11 is 0. The number of nitrogens with one attached hydrogen (secondary N) is 1. The zero-order valence-corrected chi connectivity index (χ0v) is 12.5. The topological polar surface area (TPSA) is 79.3 Å². The molecule has 3 aliphatic rings. The van der Waals surface area contributed by atoms with Crippen LogP contribution in [-0.2, 0) is 9.59 Å². The van der Waals surface area contributed by atoms with Crippen LogP contribution in [0.4, 0.5) is 0 Å². The molecule has 1 fully saturated rings. The molecular weight excluding hydrogens is 280 g/mol. The maximum absolute atomic E-state index is 12.7. The number of nitrogens with zero attached hydrogens (tertiary/aromatic N) is 1. The van der Waals surface area contributed by atoms with Crippen molar-refractivity contribution in [2.75, 3.05) is 0 Å². The van der Waals surface area contributed by atoms with Crippen molar-refractivity contribution in [3.8, 4) is 0 Å². The number of carbonyl (C=O) groups excluding carboxylic acids is 1. The van der Waals surface area contributed by atoms with E-state index in [1.165, 1.54) is 0 Å². The molecule has 5 atom stereocenters. The van der Waals surface area contributed by atoms with Crippen molar-refractivity contribution in [1.29, 1.82) is 0 Å². The molecule has 1 amide bonds. The van der Waals surface area contributed by atoms with Gasteiger partial charge in [-0.25, -0.2) is 0 Å². The summed E-state index contributed by atoms with van der Waals surface area (Å²) in [6.07, 6.45) is 9.12. The first-order valence-corrected chi connectivity index (χ1v) is 7.69. The van der Waals surface area contributed by atoms with Gasteiger partial charge in [0.2, 0.25) is 5.91 Å². The molecule has 1 heterocycles. The molecule has 2 bridgehead atoms. The fourth-order valence-electron chi connectivity index (χ4n) is 3.73. The first-order valence-electron chi connectivity index (χ1n) is 7.69. The number of pyridine rings is 1. The Morgan fingerprint density at radius 1 is 1.18 bits per heavy atom. The third-order valence-corrected chi connectivity index (χ3v) is 4.90. The van der Waals surface area contributed by atoms with Gasteiger partial charge in [-0.05, 0) is 49.3 Å². The average molecular weight is 300 g/mol. The SMILES string of the molecule is C[C@H](NC(=O)[C@H]1[C@@H](C(=O)O)[C@H]2C=C[C@@H]1CC2)c1ccncc1. The lowest BCUT2D eigenvalue weighted by atomic mass is 9.62. The third-order valence-electron chi connectivity index (χ3n) is 4.90. The largest absolute Gasteiger partial charge is 0.481 e. The van der Waals surface area contributed by atoms with Gasteiger partial charge < -0.3 is 10.4 Å². The molecule has 1 saturated carbocycles. The Morgan fingerprint density at radius 3 is 2.32 bits per heavy atom. The molecule has 3 aliphatic carbocycles. The highest BCUT2D eigenvalue weighted by Gasteiger charge is 2.48. The summed E-state index contributed by atoms with van der Waals surface area (Å²) in [5, 5.41) is 12.5. The van der Waals surface area contributed by atoms with Crippen LogP contribution in [0.5, 0.6) is 0 Å². The number of allylic oxidation sites excluding steroid dienone is 2. The fraction of sp³-hybridized carbons (Fsp3) is 0.471. The number of aliphatic carboxylic acids is 1. The highest BCUT2D eigenvalue weighted by Crippen LogP contribution is 2.45. The number of carboxylic acid groups (broad SMARTS) is 1. The van der Waals surface area contributed by atoms with Crippen LogP contribution in [0, 0.1) is 23.7 Å². The van der Waals surface area contributed by atoms with Crippen LogP contribution in [0.2, 0.25) is 0 Å². The molecule has 0 saturated heterocycles. The number of rotatable bonds is 4. The highest BCUT2D eigenvalue weighted by atomic mass is 16.4. The number of fused-ring (bicyclic) bond motifs is 2. The normalized spacial score (nSPS) is 30.8. The zero-order valence-electron chi connectivity index (χ0n) is 12.5. The lowest BCUT2D eigenvalue weighted by Crippen LogP contribution is -2.49. The van der Waals surface area contributed by atoms with E-state index >= 15 is 0 Å². The van der Waals surface area contributed by atoms with Gasteiger partial charge in [0, 0.05) is 12.4 Å². The lowest BCUT2D eigenvalue weighted by Gasteiger charge is -2.42. The predicted octanol–water partition coefficient (Wildman–Crippen LogP) is 2.17. The third kappa shape index (κ3) is 2.63. The molecule has 0 radical (unpaired) electrons. The van der Waals surface area contributed by atoms with E-state index in [0.29, 0.717) is 0 Å². The molecule has 22 heavy (non-hydrogen) atoms. The lowest BCUT2D eigenvalue weighted by molar-refractivity contribution is -0.153. The molecule has 1 aromatic rings. The molecule has 4 rings (SSSR count). The summed E-state index contributed by atoms with van der Waals surface area (Å²) in [5.41, 5.74) is 0.965. The van der Waals surface area contributed by atoms with Crippen molar-refractivity contribution in [2.45, 2.75) is 25.8 Å². The standard InChI is InChI=1S/C17H20N2O3/c1-10(11-6-8-18-9-7-11)19-16(20)14-12-2-4-13(5-3-12)15(14)17(21)22/h2,4,6-10,12-15H,3,5H2,1H3,(H,19,20)(H,21,22)/t10-,12+,13-,14+,15-/m0/s1. The van der Waals surface area contributed by atoms with E-state index in [-0.39, 0.29) is 23.8 Å². The van der Waals surface area contributed by atoms with Crippen LogP contribution in [0.3, 0.4) is 0 Å². The number of hydrogen-bond acceptors (Lipinski definition) is 3. The first kappa shape index (κ1) is 14.8. The minimum Gasteiger partial charge on any atom is -0.481 e. The monoisotopic (exact) mass is 300 g/mol. The van der Waals surface area contributed by atoms with E-state index in [9.17, 15) is 14.7 Å². The Balaban J connectivity index is 1.76. The summed E-state index contributed by atoms with van der Waals surface area (Å²) < 4.78 is 0. The van der Waals surface area contributed by atoms with Crippen molar-refractivity contribution < 1.29 is 14.7 Å². The second-order valence-electron chi connectivity index (χ2n) is 6.19. The van der Waals surface area contributed by atoms with Crippen LogP contribution < -0.4 is 5.32 Å². The maximum Gasteiger partial charge on any atom is 0.307 e. The van der Waals surface area contributed by atoms with Crippen LogP contribution in [0.25, 0.3) is 0 Å². The average Bonchev–Trinajstić information content (AvgIpc) is 2.55. The van der Waals surface area contributed by atoms with E-state index in [1.807, 2.05) is 31.2 Å². The summed E-state index contributed by atoms with van der Waals surface area (Å²) in [7, 11) is 0. The summed E-state index contributed by atoms with van der Waals surface area (Å²) in [5.74, 6) is -2.07. The molecule has 5 nitrogen and oxygen atoms in total. The Bertz CT molecular complexity index is 599. The van der Waals surface area contributed by atoms with E-state index in [4.69, 9.17) is 0 Å². The molecule has 5 heteroatoms. The second kappa shape index (κ2) is 5.91. The van der Waals surface area contributed by atoms with Crippen molar-refractivity contribution in [3.63, 3.8) is 0 Å². The van der Waals surface area contributed by atoms with Crippen LogP contribution in [0.1, 0.15) is 31.4 Å². The van der Waals surface area contributed by atoms with Gasteiger partial charge >= 0.3 is 5.97 Å². The molecule has 1 aromatic heterocycles. The van der Waals surface area contributed by atoms with Gasteiger partial charge in [0.1, 0.15) is 0 Å². The molecule has 0 unspecified atom stereocenters. The summed E-state index contributed by atoms with van der Waals surface area (Å²) in [6, 6.07) is 3.55. The van der Waals surface area contributed by atoms with Gasteiger partial charge in [0.25, 0.3) is 0 Å². The quantitative estimate of drug-likeness (QED) is 0.835. The van der Waals surface area contributed by atoms with Crippen molar-refractivity contribution >= 4 is 11.9 Å². The minimum absolute atomic E-state index is 0.0190. The molecule has 116 valence electrons. The number of carbonyl (C=O) groups is 2. The van der Waals surface area contributed by atoms with Gasteiger partial charge in [-0.15, -0.1) is 0 Å². The molecular formula is C17H20N2O3. The highest BCUT2D eigenvalue weighted by molar-refractivity contribution is 5.86. The van der Waals surface area contributed by atoms with Crippen LogP contribution >= 0.6 is 0 Å². The minimum atomic E-state index is -0.865. The van der Waals surface area contributed by atoms with Crippen molar-refractivity contribution in [1.82, 2.24) is 10.3 Å². The van der Waals surface area contributed by atoms with Gasteiger partial charge in [0.15, 0.2) is 0 Å². The van der Waals surface area contributed by atoms with E-state index in [2.05, 4.69) is 10.3 Å². The zero-order chi connectivity index (χ0) is 15.7. The van der Waals surface area contributed by atoms with E-state index in [0.717, 1.165) is 18.4 Å². The van der Waals surface area contributed by atoms with Gasteiger partial charge in [-0.3, -0.25) is 14.6 Å².